The molecule has 30 heavy (non-hydrogen) atoms. The summed E-state index contributed by atoms with van der Waals surface area (Å²) in [7, 11) is 0. The Morgan fingerprint density at radius 3 is 2.87 bits per heavy atom. The van der Waals surface area contributed by atoms with Crippen molar-refractivity contribution < 1.29 is 9.59 Å². The largest absolute Gasteiger partial charge is 0.345 e. The molecule has 8 nitrogen and oxygen atoms in total. The Morgan fingerprint density at radius 1 is 1.30 bits per heavy atom. The Hall–Kier alpha value is -2.69. The quantitative estimate of drug-likeness (QED) is 0.373. The van der Waals surface area contributed by atoms with Gasteiger partial charge in [-0.2, -0.15) is 0 Å². The van der Waals surface area contributed by atoms with Crippen LogP contribution in [0.4, 0.5) is 5.13 Å². The number of nitrogens with zero attached hydrogens (tertiary/aromatic N) is 4. The van der Waals surface area contributed by atoms with Crippen LogP contribution in [0.15, 0.2) is 47.1 Å². The number of nitrogens with one attached hydrogen (secondary N) is 2. The molecule has 2 amide bonds. The minimum Gasteiger partial charge on any atom is -0.345 e. The molecule has 0 aliphatic rings. The van der Waals surface area contributed by atoms with Crippen LogP contribution in [0.5, 0.6) is 0 Å². The van der Waals surface area contributed by atoms with Gasteiger partial charge >= 0.3 is 0 Å². The highest BCUT2D eigenvalue weighted by Gasteiger charge is 2.14. The van der Waals surface area contributed by atoms with Gasteiger partial charge in [-0.1, -0.05) is 41.6 Å². The number of amides is 2. The van der Waals surface area contributed by atoms with Gasteiger partial charge in [-0.15, -0.1) is 21.5 Å². The van der Waals surface area contributed by atoms with Gasteiger partial charge in [0.05, 0.1) is 12.3 Å². The molecule has 0 spiro atoms. The maximum atomic E-state index is 12.1. The van der Waals surface area contributed by atoms with E-state index in [0.717, 1.165) is 5.56 Å². The fourth-order valence-corrected chi connectivity index (χ4v) is 4.01. The van der Waals surface area contributed by atoms with Crippen LogP contribution in [0, 0.1) is 0 Å². The Bertz CT molecular complexity index is 1040. The Morgan fingerprint density at radius 2 is 2.13 bits per heavy atom. The molecule has 0 aliphatic heterocycles. The van der Waals surface area contributed by atoms with E-state index < -0.39 is 0 Å². The zero-order chi connectivity index (χ0) is 21.3. The average molecular weight is 463 g/mol. The van der Waals surface area contributed by atoms with E-state index in [1.165, 1.54) is 29.2 Å². The number of carbonyl (C=O) groups is 2. The van der Waals surface area contributed by atoms with Crippen LogP contribution in [-0.4, -0.2) is 37.3 Å². The highest BCUT2D eigenvalue weighted by Crippen LogP contribution is 2.19. The molecule has 11 heteroatoms. The van der Waals surface area contributed by atoms with Gasteiger partial charge in [0.1, 0.15) is 0 Å². The molecule has 0 atom stereocenters. The lowest BCUT2D eigenvalue weighted by Gasteiger charge is -2.07. The molecule has 0 fully saturated rings. The first-order chi connectivity index (χ1) is 14.6. The number of aromatic nitrogens is 4. The maximum Gasteiger partial charge on any atom is 0.244 e. The van der Waals surface area contributed by atoms with Gasteiger partial charge in [-0.3, -0.25) is 9.59 Å². The van der Waals surface area contributed by atoms with Crippen LogP contribution >= 0.6 is 34.7 Å². The molecule has 0 unspecified atom stereocenters. The molecular weight excluding hydrogens is 444 g/mol. The number of hydrogen-bond donors (Lipinski definition) is 2. The third-order valence-electron chi connectivity index (χ3n) is 3.86. The van der Waals surface area contributed by atoms with E-state index in [1.807, 2.05) is 29.7 Å². The van der Waals surface area contributed by atoms with Gasteiger partial charge in [0, 0.05) is 29.2 Å². The van der Waals surface area contributed by atoms with Crippen molar-refractivity contribution in [3.05, 3.63) is 58.3 Å². The summed E-state index contributed by atoms with van der Waals surface area (Å²) in [5.41, 5.74) is 0.765. The molecule has 0 saturated heterocycles. The fraction of sp³-hybridized carbons (Fsp3) is 0.211. The average Bonchev–Trinajstić information content (AvgIpc) is 3.39. The smallest absolute Gasteiger partial charge is 0.244 e. The maximum absolute atomic E-state index is 12.1. The number of rotatable bonds is 9. The lowest BCUT2D eigenvalue weighted by atomic mass is 10.2. The molecular formula is C19H19ClN6O2S2. The third kappa shape index (κ3) is 6.15. The van der Waals surface area contributed by atoms with Crippen LogP contribution in [0.25, 0.3) is 6.08 Å². The normalized spacial score (nSPS) is 11.0. The summed E-state index contributed by atoms with van der Waals surface area (Å²) in [4.78, 5) is 28.2. The second-order valence-corrected chi connectivity index (χ2v) is 8.13. The summed E-state index contributed by atoms with van der Waals surface area (Å²) in [6, 6.07) is 7.27. The summed E-state index contributed by atoms with van der Waals surface area (Å²) in [6.45, 7) is 2.79. The molecule has 1 aromatic carbocycles. The first-order valence-electron chi connectivity index (χ1n) is 9.01. The van der Waals surface area contributed by atoms with Crippen molar-refractivity contribution in [2.45, 2.75) is 25.2 Å². The molecule has 2 heterocycles. The highest BCUT2D eigenvalue weighted by molar-refractivity contribution is 7.99. The summed E-state index contributed by atoms with van der Waals surface area (Å²) in [5.74, 6) is 0.363. The van der Waals surface area contributed by atoms with Crippen LogP contribution in [0.3, 0.4) is 0 Å². The van der Waals surface area contributed by atoms with E-state index >= 15 is 0 Å². The van der Waals surface area contributed by atoms with Gasteiger partial charge < -0.3 is 15.2 Å². The van der Waals surface area contributed by atoms with Crippen molar-refractivity contribution in [1.29, 1.82) is 0 Å². The molecule has 2 aromatic heterocycles. The molecule has 0 radical (unpaired) electrons. The molecule has 3 aromatic rings. The first kappa shape index (κ1) is 22.0. The van der Waals surface area contributed by atoms with Crippen molar-refractivity contribution in [3.63, 3.8) is 0 Å². The number of benzene rings is 1. The Labute approximate surface area is 186 Å². The molecule has 0 aliphatic carbocycles. The summed E-state index contributed by atoms with van der Waals surface area (Å²) in [6.07, 6.45) is 4.71. The predicted molar refractivity (Wildman–Crippen MR) is 119 cm³/mol. The van der Waals surface area contributed by atoms with Gasteiger partial charge in [0.2, 0.25) is 11.8 Å². The molecule has 156 valence electrons. The van der Waals surface area contributed by atoms with E-state index in [1.54, 1.807) is 23.7 Å². The molecule has 3 rings (SSSR count). The minimum atomic E-state index is -0.266. The predicted octanol–water partition coefficient (Wildman–Crippen LogP) is 3.47. The SMILES string of the molecule is CCn1c(CNC(=O)C=Cc2ccccc2Cl)nnc1SCC(=O)Nc1nccs1. The number of thioether (sulfide) groups is 1. The summed E-state index contributed by atoms with van der Waals surface area (Å²) < 4.78 is 1.86. The lowest BCUT2D eigenvalue weighted by molar-refractivity contribution is -0.116. The number of anilines is 1. The van der Waals surface area contributed by atoms with Crippen LogP contribution in [-0.2, 0) is 22.7 Å². The lowest BCUT2D eigenvalue weighted by Crippen LogP contribution is -2.22. The van der Waals surface area contributed by atoms with E-state index in [-0.39, 0.29) is 24.1 Å². The number of thiazole rings is 1. The Balaban J connectivity index is 1.53. The van der Waals surface area contributed by atoms with Crippen molar-refractivity contribution in [1.82, 2.24) is 25.1 Å². The second-order valence-electron chi connectivity index (χ2n) is 5.89. The van der Waals surface area contributed by atoms with Crippen LogP contribution in [0.2, 0.25) is 5.02 Å². The molecule has 0 bridgehead atoms. The zero-order valence-corrected chi connectivity index (χ0v) is 18.4. The fourth-order valence-electron chi connectivity index (χ4n) is 2.45. The van der Waals surface area contributed by atoms with Gasteiger partial charge in [-0.05, 0) is 24.6 Å². The monoisotopic (exact) mass is 462 g/mol. The van der Waals surface area contributed by atoms with Crippen molar-refractivity contribution >= 4 is 57.7 Å². The molecule has 0 saturated carbocycles. The van der Waals surface area contributed by atoms with E-state index in [2.05, 4.69) is 25.8 Å². The highest BCUT2D eigenvalue weighted by atomic mass is 35.5. The van der Waals surface area contributed by atoms with Gasteiger partial charge in [-0.25, -0.2) is 4.98 Å². The topological polar surface area (TPSA) is 102 Å². The second kappa shape index (κ2) is 10.9. The van der Waals surface area contributed by atoms with Crippen molar-refractivity contribution in [2.75, 3.05) is 11.1 Å². The summed E-state index contributed by atoms with van der Waals surface area (Å²) >= 11 is 8.71. The third-order valence-corrected chi connectivity index (χ3v) is 5.86. The van der Waals surface area contributed by atoms with Crippen molar-refractivity contribution in [3.8, 4) is 0 Å². The van der Waals surface area contributed by atoms with Crippen LogP contribution in [0.1, 0.15) is 18.3 Å². The van der Waals surface area contributed by atoms with E-state index in [4.69, 9.17) is 11.6 Å². The number of carbonyl (C=O) groups excluding carboxylic acids is 2. The first-order valence-corrected chi connectivity index (χ1v) is 11.3. The van der Waals surface area contributed by atoms with Crippen molar-refractivity contribution in [2.24, 2.45) is 0 Å². The van der Waals surface area contributed by atoms with Crippen LogP contribution < -0.4 is 10.6 Å². The number of halogens is 1. The Kier molecular flexibility index (Phi) is 8.00. The van der Waals surface area contributed by atoms with E-state index in [9.17, 15) is 9.59 Å². The van der Waals surface area contributed by atoms with Gasteiger partial charge in [0.15, 0.2) is 16.1 Å². The number of hydrogen-bond acceptors (Lipinski definition) is 7. The van der Waals surface area contributed by atoms with E-state index in [0.29, 0.717) is 27.7 Å². The van der Waals surface area contributed by atoms with Gasteiger partial charge in [0.25, 0.3) is 0 Å². The summed E-state index contributed by atoms with van der Waals surface area (Å²) in [5, 5.41) is 17.3. The minimum absolute atomic E-state index is 0.167. The molecule has 2 N–H and O–H groups in total. The zero-order valence-electron chi connectivity index (χ0n) is 16.0. The standard InChI is InChI=1S/C19H19ClN6O2S2/c1-2-26-15(11-22-16(27)8-7-13-5-3-4-6-14(13)20)24-25-19(26)30-12-17(28)23-18-21-9-10-29-18/h3-10H,2,11-12H2,1H3,(H,22,27)(H,21,23,28).